The lowest BCUT2D eigenvalue weighted by molar-refractivity contribution is 0.458. The number of phenols is 1. The highest BCUT2D eigenvalue weighted by atomic mass is 35.5. The maximum Gasteiger partial charge on any atom is 0.134 e. The molecule has 0 amide bonds. The Hall–Kier alpha value is -0.760. The molecule has 0 bridgehead atoms. The molecule has 0 heterocycles. The molecule has 0 saturated heterocycles. The molecule has 0 aliphatic carbocycles. The van der Waals surface area contributed by atoms with Gasteiger partial charge in [0.15, 0.2) is 0 Å². The van der Waals surface area contributed by atoms with Crippen LogP contribution < -0.4 is 0 Å². The second kappa shape index (κ2) is 3.76. The van der Waals surface area contributed by atoms with Gasteiger partial charge in [-0.2, -0.15) is 0 Å². The normalized spacial score (nSPS) is 12.9. The number of aromatic hydroxyl groups is 1. The quantitative estimate of drug-likeness (QED) is 0.755. The van der Waals surface area contributed by atoms with Gasteiger partial charge in [0.2, 0.25) is 0 Å². The molecule has 1 unspecified atom stereocenters. The van der Waals surface area contributed by atoms with Gasteiger partial charge in [-0.25, -0.2) is 0 Å². The Morgan fingerprint density at radius 3 is 2.83 bits per heavy atom. The Bertz CT molecular complexity index is 275. The topological polar surface area (TPSA) is 20.2 Å². The fourth-order valence-corrected chi connectivity index (χ4v) is 1.22. The minimum atomic E-state index is -0.580. The van der Waals surface area contributed by atoms with Crippen molar-refractivity contribution in [2.24, 2.45) is 0 Å². The van der Waals surface area contributed by atoms with E-state index in [1.54, 1.807) is 12.1 Å². The van der Waals surface area contributed by atoms with Crippen molar-refractivity contribution in [3.8, 4) is 5.75 Å². The summed E-state index contributed by atoms with van der Waals surface area (Å²) in [6.07, 6.45) is 0. The van der Waals surface area contributed by atoms with Crippen LogP contribution in [0.5, 0.6) is 5.75 Å². The van der Waals surface area contributed by atoms with Gasteiger partial charge in [0, 0.05) is 5.92 Å². The van der Waals surface area contributed by atoms with Crippen LogP contribution in [0, 0.1) is 6.92 Å². The minimum absolute atomic E-state index is 0.0312. The molecule has 1 aromatic rings. The molecule has 0 saturated carbocycles. The van der Waals surface area contributed by atoms with E-state index in [0.29, 0.717) is 5.56 Å². The number of benzene rings is 1. The SMILES string of the molecule is [CH2]C(CF)c1cccc(O)c1Cl. The summed E-state index contributed by atoms with van der Waals surface area (Å²) in [5.41, 5.74) is 0.541. The van der Waals surface area contributed by atoms with Crippen LogP contribution in [0.15, 0.2) is 18.2 Å². The van der Waals surface area contributed by atoms with Crippen molar-refractivity contribution in [1.29, 1.82) is 0 Å². The van der Waals surface area contributed by atoms with Crippen LogP contribution in [0.3, 0.4) is 0 Å². The first kappa shape index (κ1) is 9.33. The van der Waals surface area contributed by atoms with Gasteiger partial charge in [-0.05, 0) is 18.6 Å². The van der Waals surface area contributed by atoms with Crippen molar-refractivity contribution in [1.82, 2.24) is 0 Å². The molecule has 0 spiro atoms. The summed E-state index contributed by atoms with van der Waals surface area (Å²) in [5, 5.41) is 9.35. The average molecular weight is 188 g/mol. The van der Waals surface area contributed by atoms with Crippen LogP contribution >= 0.6 is 11.6 Å². The molecule has 1 aromatic carbocycles. The molecule has 1 atom stereocenters. The first-order valence-electron chi connectivity index (χ1n) is 3.53. The summed E-state index contributed by atoms with van der Waals surface area (Å²) in [7, 11) is 0. The molecule has 0 fully saturated rings. The van der Waals surface area contributed by atoms with E-state index < -0.39 is 12.6 Å². The summed E-state index contributed by atoms with van der Waals surface area (Å²) < 4.78 is 12.2. The Morgan fingerprint density at radius 1 is 1.58 bits per heavy atom. The largest absolute Gasteiger partial charge is 0.506 e. The van der Waals surface area contributed by atoms with Gasteiger partial charge < -0.3 is 5.11 Å². The number of rotatable bonds is 2. The second-order valence-electron chi connectivity index (χ2n) is 2.53. The van der Waals surface area contributed by atoms with Crippen LogP contribution in [0.25, 0.3) is 0 Å². The van der Waals surface area contributed by atoms with Crippen molar-refractivity contribution < 1.29 is 9.50 Å². The van der Waals surface area contributed by atoms with Gasteiger partial charge in [0.25, 0.3) is 0 Å². The number of hydrogen-bond donors (Lipinski definition) is 1. The third-order valence-corrected chi connectivity index (χ3v) is 2.05. The third kappa shape index (κ3) is 1.69. The average Bonchev–Trinajstić information content (AvgIpc) is 2.08. The molecular formula is C9H9ClFO. The Balaban J connectivity index is 3.07. The van der Waals surface area contributed by atoms with E-state index in [1.165, 1.54) is 6.07 Å². The lowest BCUT2D eigenvalue weighted by Gasteiger charge is -2.09. The summed E-state index contributed by atoms with van der Waals surface area (Å²) in [5.74, 6) is -0.541. The molecule has 1 rings (SSSR count). The lowest BCUT2D eigenvalue weighted by Crippen LogP contribution is -1.96. The monoisotopic (exact) mass is 187 g/mol. The number of phenolic OH excluding ortho intramolecular Hbond substituents is 1. The van der Waals surface area contributed by atoms with Gasteiger partial charge in [0.1, 0.15) is 5.75 Å². The van der Waals surface area contributed by atoms with Crippen LogP contribution in [0.2, 0.25) is 5.02 Å². The summed E-state index contributed by atoms with van der Waals surface area (Å²) in [6.45, 7) is 2.98. The second-order valence-corrected chi connectivity index (χ2v) is 2.91. The molecule has 0 aliphatic heterocycles. The van der Waals surface area contributed by atoms with E-state index in [-0.39, 0.29) is 10.8 Å². The van der Waals surface area contributed by atoms with E-state index in [9.17, 15) is 4.39 Å². The highest BCUT2D eigenvalue weighted by Gasteiger charge is 2.11. The molecule has 1 nitrogen and oxygen atoms in total. The summed E-state index contributed by atoms with van der Waals surface area (Å²) in [4.78, 5) is 0. The molecule has 1 radical (unpaired) electrons. The smallest absolute Gasteiger partial charge is 0.134 e. The van der Waals surface area contributed by atoms with Crippen molar-refractivity contribution in [2.45, 2.75) is 5.92 Å². The van der Waals surface area contributed by atoms with Gasteiger partial charge in [-0.1, -0.05) is 23.7 Å². The van der Waals surface area contributed by atoms with Crippen molar-refractivity contribution >= 4 is 11.6 Å². The van der Waals surface area contributed by atoms with E-state index in [0.717, 1.165) is 0 Å². The van der Waals surface area contributed by atoms with Gasteiger partial charge in [0.05, 0.1) is 11.7 Å². The summed E-state index contributed by atoms with van der Waals surface area (Å²) >= 11 is 5.71. The van der Waals surface area contributed by atoms with Gasteiger partial charge in [-0.15, -0.1) is 0 Å². The standard InChI is InChI=1S/C9H9ClFO/c1-6(5-11)7-3-2-4-8(12)9(7)10/h2-4,6,12H,1,5H2. The molecule has 1 N–H and O–H groups in total. The zero-order valence-corrected chi connectivity index (χ0v) is 7.18. The Labute approximate surface area is 75.8 Å². The van der Waals surface area contributed by atoms with E-state index in [1.807, 2.05) is 0 Å². The molecule has 0 aromatic heterocycles. The number of alkyl halides is 1. The molecule has 12 heavy (non-hydrogen) atoms. The van der Waals surface area contributed by atoms with Crippen LogP contribution in [-0.2, 0) is 0 Å². The lowest BCUT2D eigenvalue weighted by atomic mass is 10.0. The zero-order valence-electron chi connectivity index (χ0n) is 6.43. The maximum absolute atomic E-state index is 12.2. The van der Waals surface area contributed by atoms with Crippen LogP contribution in [-0.4, -0.2) is 11.8 Å². The molecule has 3 heteroatoms. The summed E-state index contributed by atoms with van der Waals surface area (Å²) in [6, 6.07) is 4.72. The Morgan fingerprint density at radius 2 is 2.25 bits per heavy atom. The van der Waals surface area contributed by atoms with E-state index >= 15 is 0 Å². The van der Waals surface area contributed by atoms with E-state index in [4.69, 9.17) is 16.7 Å². The van der Waals surface area contributed by atoms with Crippen molar-refractivity contribution in [2.75, 3.05) is 6.67 Å². The zero-order chi connectivity index (χ0) is 9.14. The van der Waals surface area contributed by atoms with Crippen LogP contribution in [0.4, 0.5) is 4.39 Å². The fraction of sp³-hybridized carbons (Fsp3) is 0.222. The molecule has 0 aliphatic rings. The number of halogens is 2. The highest BCUT2D eigenvalue weighted by molar-refractivity contribution is 6.32. The van der Waals surface area contributed by atoms with Crippen molar-refractivity contribution in [3.05, 3.63) is 35.7 Å². The predicted molar refractivity (Wildman–Crippen MR) is 47.2 cm³/mol. The number of hydrogen-bond acceptors (Lipinski definition) is 1. The van der Waals surface area contributed by atoms with Gasteiger partial charge in [-0.3, -0.25) is 4.39 Å². The predicted octanol–water partition coefficient (Wildman–Crippen LogP) is 2.93. The first-order valence-corrected chi connectivity index (χ1v) is 3.91. The maximum atomic E-state index is 12.2. The molecular weight excluding hydrogens is 179 g/mol. The molecule has 65 valence electrons. The minimum Gasteiger partial charge on any atom is -0.506 e. The Kier molecular flexibility index (Phi) is 2.93. The van der Waals surface area contributed by atoms with Gasteiger partial charge >= 0.3 is 0 Å². The van der Waals surface area contributed by atoms with Crippen molar-refractivity contribution in [3.63, 3.8) is 0 Å². The highest BCUT2D eigenvalue weighted by Crippen LogP contribution is 2.31. The fourth-order valence-electron chi connectivity index (χ4n) is 0.936. The third-order valence-electron chi connectivity index (χ3n) is 1.63. The van der Waals surface area contributed by atoms with E-state index in [2.05, 4.69) is 6.92 Å². The first-order chi connectivity index (χ1) is 5.66. The van der Waals surface area contributed by atoms with Crippen LogP contribution in [0.1, 0.15) is 11.5 Å².